The number of hydrogen-bond acceptors (Lipinski definition) is 3. The Balaban J connectivity index is 1.04. The van der Waals surface area contributed by atoms with Gasteiger partial charge in [-0.2, -0.15) is 0 Å². The summed E-state index contributed by atoms with van der Waals surface area (Å²) in [5, 5.41) is 11.7. The predicted octanol–water partition coefficient (Wildman–Crippen LogP) is 15.4. The van der Waals surface area contributed by atoms with Crippen LogP contribution in [0.5, 0.6) is 0 Å². The molecular weight excluding hydrogens is 769 g/mol. The molecule has 14 rings (SSSR count). The quantitative estimate of drug-likeness (QED) is 0.178. The van der Waals surface area contributed by atoms with E-state index in [2.05, 4.69) is 179 Å². The van der Waals surface area contributed by atoms with Gasteiger partial charge in [0.1, 0.15) is 11.2 Å². The second-order valence-corrected chi connectivity index (χ2v) is 16.5. The van der Waals surface area contributed by atoms with Crippen molar-refractivity contribution in [3.8, 4) is 33.9 Å². The first-order chi connectivity index (χ1) is 31.3. The Morgan fingerprint density at radius 3 is 1.54 bits per heavy atom. The van der Waals surface area contributed by atoms with Gasteiger partial charge in [-0.25, -0.2) is 9.97 Å². The smallest absolute Gasteiger partial charge is 0.136 e. The molecule has 0 unspecified atom stereocenters. The first-order valence-electron chi connectivity index (χ1n) is 21.4. The molecule has 0 bridgehead atoms. The Kier molecular flexibility index (Phi) is 7.05. The van der Waals surface area contributed by atoms with Gasteiger partial charge in [0.15, 0.2) is 0 Å². The first kappa shape index (κ1) is 34.2. The third-order valence-electron chi connectivity index (χ3n) is 13.1. The standard InChI is InChI=1S/C58H34N4O/c1-7-26-48-38(16-1)39-17-2-8-27-49(39)61(48)52-29-11-15-35-33-45-40-18-3-9-28-50(40)62(53(45)34-44(35)52)51-30-13-20-36-37(51)21-12-22-41(36)57-58(60-47-25-6-5-24-46(47)59-57)43-23-14-32-55-56(43)42-19-4-10-31-54(42)63-55/h1-34H. The number of hydrogen-bond donors (Lipinski definition) is 0. The van der Waals surface area contributed by atoms with Crippen molar-refractivity contribution in [2.24, 2.45) is 0 Å². The Labute approximate surface area is 360 Å². The maximum atomic E-state index is 6.39. The second kappa shape index (κ2) is 13.0. The van der Waals surface area contributed by atoms with E-state index in [4.69, 9.17) is 14.4 Å². The summed E-state index contributed by atoms with van der Waals surface area (Å²) in [6.07, 6.45) is 0. The minimum atomic E-state index is 0.824. The van der Waals surface area contributed by atoms with Crippen LogP contribution in [0, 0.1) is 0 Å². The molecule has 0 aliphatic rings. The Bertz CT molecular complexity index is 4170. The van der Waals surface area contributed by atoms with Gasteiger partial charge in [-0.15, -0.1) is 0 Å². The van der Waals surface area contributed by atoms with Crippen LogP contribution in [-0.2, 0) is 0 Å². The number of aromatic nitrogens is 4. The normalized spacial score (nSPS) is 12.1. The van der Waals surface area contributed by atoms with Gasteiger partial charge in [0.25, 0.3) is 0 Å². The van der Waals surface area contributed by atoms with E-state index in [1.54, 1.807) is 0 Å². The lowest BCUT2D eigenvalue weighted by molar-refractivity contribution is 0.669. The summed E-state index contributed by atoms with van der Waals surface area (Å²) in [5.41, 5.74) is 14.0. The maximum Gasteiger partial charge on any atom is 0.136 e. The monoisotopic (exact) mass is 802 g/mol. The van der Waals surface area contributed by atoms with Crippen LogP contribution in [0.3, 0.4) is 0 Å². The van der Waals surface area contributed by atoms with Crippen LogP contribution in [0.15, 0.2) is 211 Å². The molecule has 0 radical (unpaired) electrons. The molecule has 4 aromatic heterocycles. The molecule has 0 spiro atoms. The fourth-order valence-corrected chi connectivity index (χ4v) is 10.4. The number of para-hydroxylation sites is 6. The van der Waals surface area contributed by atoms with Crippen LogP contribution in [0.1, 0.15) is 0 Å². The van der Waals surface area contributed by atoms with E-state index in [9.17, 15) is 0 Å². The van der Waals surface area contributed by atoms with Crippen LogP contribution in [0.25, 0.3) is 132 Å². The van der Waals surface area contributed by atoms with Gasteiger partial charge in [-0.1, -0.05) is 140 Å². The SMILES string of the molecule is c1cc(-n2c3ccccc3c3ccccc32)c2cc3c(cc2c1)c1ccccc1n3-c1cccc2c(-c3nc4ccccc4nc3-c3cccc4oc5ccccc5c34)cccc12. The number of benzene rings is 10. The number of nitrogens with zero attached hydrogens (tertiary/aromatic N) is 4. The summed E-state index contributed by atoms with van der Waals surface area (Å²) in [5.74, 6) is 0. The number of rotatable bonds is 4. The van der Waals surface area contributed by atoms with Crippen molar-refractivity contribution in [2.45, 2.75) is 0 Å². The van der Waals surface area contributed by atoms with E-state index >= 15 is 0 Å². The lowest BCUT2D eigenvalue weighted by atomic mass is 9.95. The van der Waals surface area contributed by atoms with E-state index in [-0.39, 0.29) is 0 Å². The maximum absolute atomic E-state index is 6.39. The minimum Gasteiger partial charge on any atom is -0.456 e. The molecule has 14 aromatic rings. The highest BCUT2D eigenvalue weighted by Crippen LogP contribution is 2.44. The highest BCUT2D eigenvalue weighted by Gasteiger charge is 2.23. The molecule has 4 heterocycles. The van der Waals surface area contributed by atoms with Crippen LogP contribution < -0.4 is 0 Å². The molecule has 10 aromatic carbocycles. The lowest BCUT2D eigenvalue weighted by Gasteiger charge is -2.16. The highest BCUT2D eigenvalue weighted by molar-refractivity contribution is 6.18. The summed E-state index contributed by atoms with van der Waals surface area (Å²) >= 11 is 0. The van der Waals surface area contributed by atoms with E-state index in [0.717, 1.165) is 88.7 Å². The van der Waals surface area contributed by atoms with Crippen molar-refractivity contribution in [3.05, 3.63) is 206 Å². The summed E-state index contributed by atoms with van der Waals surface area (Å²) in [4.78, 5) is 10.8. The van der Waals surface area contributed by atoms with E-state index in [1.807, 2.05) is 36.4 Å². The molecule has 0 aliphatic carbocycles. The zero-order valence-electron chi connectivity index (χ0n) is 33.8. The average Bonchev–Trinajstić information content (AvgIpc) is 4.00. The van der Waals surface area contributed by atoms with E-state index in [1.165, 1.54) is 43.4 Å². The van der Waals surface area contributed by atoms with Gasteiger partial charge in [0.05, 0.1) is 55.9 Å². The van der Waals surface area contributed by atoms with Gasteiger partial charge in [0, 0.05) is 54.2 Å². The average molecular weight is 803 g/mol. The van der Waals surface area contributed by atoms with Crippen molar-refractivity contribution in [1.29, 1.82) is 0 Å². The lowest BCUT2D eigenvalue weighted by Crippen LogP contribution is -1.99. The molecular formula is C58H34N4O. The third-order valence-corrected chi connectivity index (χ3v) is 13.1. The molecule has 5 nitrogen and oxygen atoms in total. The van der Waals surface area contributed by atoms with Gasteiger partial charge in [-0.3, -0.25) is 0 Å². The number of furan rings is 1. The Morgan fingerprint density at radius 2 is 0.810 bits per heavy atom. The molecule has 0 N–H and O–H groups in total. The summed E-state index contributed by atoms with van der Waals surface area (Å²) < 4.78 is 11.3. The van der Waals surface area contributed by atoms with E-state index in [0.29, 0.717) is 0 Å². The van der Waals surface area contributed by atoms with Gasteiger partial charge in [-0.05, 0) is 77.5 Å². The molecule has 63 heavy (non-hydrogen) atoms. The molecule has 0 amide bonds. The largest absolute Gasteiger partial charge is 0.456 e. The first-order valence-corrected chi connectivity index (χ1v) is 21.4. The minimum absolute atomic E-state index is 0.824. The van der Waals surface area contributed by atoms with Gasteiger partial charge in [0.2, 0.25) is 0 Å². The number of fused-ring (bicyclic) bond motifs is 12. The van der Waals surface area contributed by atoms with Crippen molar-refractivity contribution < 1.29 is 4.42 Å². The molecule has 5 heteroatoms. The Morgan fingerprint density at radius 1 is 0.317 bits per heavy atom. The van der Waals surface area contributed by atoms with Crippen molar-refractivity contribution in [1.82, 2.24) is 19.1 Å². The van der Waals surface area contributed by atoms with Crippen LogP contribution in [-0.4, -0.2) is 19.1 Å². The zero-order chi connectivity index (χ0) is 41.2. The topological polar surface area (TPSA) is 48.8 Å². The summed E-state index contributed by atoms with van der Waals surface area (Å²) in [7, 11) is 0. The van der Waals surface area contributed by atoms with Gasteiger partial charge < -0.3 is 13.6 Å². The molecule has 0 saturated carbocycles. The summed E-state index contributed by atoms with van der Waals surface area (Å²) in [6, 6.07) is 73.7. The zero-order valence-corrected chi connectivity index (χ0v) is 33.8. The fourth-order valence-electron chi connectivity index (χ4n) is 10.4. The van der Waals surface area contributed by atoms with Crippen molar-refractivity contribution in [2.75, 3.05) is 0 Å². The molecule has 0 aliphatic heterocycles. The molecule has 292 valence electrons. The van der Waals surface area contributed by atoms with Crippen LogP contribution in [0.2, 0.25) is 0 Å². The predicted molar refractivity (Wildman–Crippen MR) is 261 cm³/mol. The van der Waals surface area contributed by atoms with Crippen molar-refractivity contribution >= 4 is 98.1 Å². The van der Waals surface area contributed by atoms with Gasteiger partial charge >= 0.3 is 0 Å². The molecule has 0 fully saturated rings. The fraction of sp³-hybridized carbons (Fsp3) is 0. The third kappa shape index (κ3) is 4.87. The second-order valence-electron chi connectivity index (χ2n) is 16.5. The Hall–Kier alpha value is -8.54. The molecule has 0 saturated heterocycles. The van der Waals surface area contributed by atoms with Crippen molar-refractivity contribution in [3.63, 3.8) is 0 Å². The van der Waals surface area contributed by atoms with Crippen LogP contribution in [0.4, 0.5) is 0 Å². The highest BCUT2D eigenvalue weighted by atomic mass is 16.3. The molecule has 0 atom stereocenters. The summed E-state index contributed by atoms with van der Waals surface area (Å²) in [6.45, 7) is 0. The van der Waals surface area contributed by atoms with E-state index < -0.39 is 0 Å². The van der Waals surface area contributed by atoms with Crippen LogP contribution >= 0.6 is 0 Å².